The van der Waals surface area contributed by atoms with Crippen molar-refractivity contribution in [3.8, 4) is 5.75 Å². The Balaban J connectivity index is 1.81. The Hall–Kier alpha value is -2.74. The Morgan fingerprint density at radius 3 is 2.85 bits per heavy atom. The second-order valence-electron chi connectivity index (χ2n) is 6.25. The molecule has 0 saturated heterocycles. The maximum atomic E-state index is 12.8. The van der Waals surface area contributed by atoms with Gasteiger partial charge in [0, 0.05) is 6.20 Å². The number of carbonyl (C=O) groups is 1. The molecule has 0 saturated carbocycles. The molecule has 0 spiro atoms. The highest BCUT2D eigenvalue weighted by Crippen LogP contribution is 2.22. The first-order chi connectivity index (χ1) is 13.0. The van der Waals surface area contributed by atoms with Crippen LogP contribution in [0.3, 0.4) is 0 Å². The van der Waals surface area contributed by atoms with Crippen molar-refractivity contribution < 1.29 is 18.5 Å². The monoisotopic (exact) mass is 387 g/mol. The number of nitrogens with zero attached hydrogens (tertiary/aromatic N) is 2. The van der Waals surface area contributed by atoms with E-state index in [1.165, 1.54) is 7.11 Å². The lowest BCUT2D eigenvalue weighted by atomic mass is 10.1. The number of methoxy groups -OCH3 is 1. The molecule has 27 heavy (non-hydrogen) atoms. The van der Waals surface area contributed by atoms with Gasteiger partial charge in [0.1, 0.15) is 5.75 Å². The van der Waals surface area contributed by atoms with Gasteiger partial charge in [-0.25, -0.2) is 4.98 Å². The predicted molar refractivity (Wildman–Crippen MR) is 102 cm³/mol. The number of hydrogen-bond donors (Lipinski definition) is 1. The van der Waals surface area contributed by atoms with Crippen molar-refractivity contribution in [2.45, 2.75) is 37.3 Å². The molecule has 2 heterocycles. The van der Waals surface area contributed by atoms with E-state index in [4.69, 9.17) is 4.74 Å². The summed E-state index contributed by atoms with van der Waals surface area (Å²) in [6, 6.07) is 9.01. The molecule has 0 radical (unpaired) electrons. The van der Waals surface area contributed by atoms with E-state index in [9.17, 15) is 9.00 Å². The number of H-pyrrole nitrogens is 1. The number of ether oxygens (including phenoxy) is 2. The van der Waals surface area contributed by atoms with Crippen molar-refractivity contribution in [3.63, 3.8) is 0 Å². The Bertz CT molecular complexity index is 984. The largest absolute Gasteiger partial charge is 0.489 e. The normalized spacial score (nSPS) is 12.3. The van der Waals surface area contributed by atoms with Crippen LogP contribution in [0.5, 0.6) is 5.75 Å². The van der Waals surface area contributed by atoms with Gasteiger partial charge in [0.25, 0.3) is 0 Å². The molecule has 3 rings (SSSR count). The SMILES string of the molecule is COC(=O)Cc1ccc2nc(S(=O)Cc3ncccc3OC(C)C)[nH]c2c1. The number of hydrogen-bond acceptors (Lipinski definition) is 6. The predicted octanol–water partition coefficient (Wildman–Crippen LogP) is 2.77. The summed E-state index contributed by atoms with van der Waals surface area (Å²) in [6.07, 6.45) is 1.83. The van der Waals surface area contributed by atoms with E-state index in [2.05, 4.69) is 19.7 Å². The highest BCUT2D eigenvalue weighted by Gasteiger charge is 2.16. The number of carbonyl (C=O) groups excluding carboxylic acids is 1. The van der Waals surface area contributed by atoms with Crippen molar-refractivity contribution in [1.82, 2.24) is 15.0 Å². The van der Waals surface area contributed by atoms with Crippen LogP contribution >= 0.6 is 0 Å². The first-order valence-electron chi connectivity index (χ1n) is 8.50. The van der Waals surface area contributed by atoms with Gasteiger partial charge in [-0.05, 0) is 43.7 Å². The minimum atomic E-state index is -1.41. The number of nitrogens with one attached hydrogen (secondary N) is 1. The molecule has 2 aromatic heterocycles. The van der Waals surface area contributed by atoms with Crippen molar-refractivity contribution in [2.24, 2.45) is 0 Å². The molecular formula is C19H21N3O4S. The van der Waals surface area contributed by atoms with Crippen LogP contribution in [0.15, 0.2) is 41.7 Å². The van der Waals surface area contributed by atoms with Crippen molar-refractivity contribution in [2.75, 3.05) is 7.11 Å². The Morgan fingerprint density at radius 1 is 1.30 bits per heavy atom. The van der Waals surface area contributed by atoms with E-state index in [-0.39, 0.29) is 24.2 Å². The highest BCUT2D eigenvalue weighted by molar-refractivity contribution is 7.84. The number of benzene rings is 1. The van der Waals surface area contributed by atoms with Gasteiger partial charge in [0.2, 0.25) is 0 Å². The second-order valence-corrected chi connectivity index (χ2v) is 7.62. The molecule has 3 aromatic rings. The maximum absolute atomic E-state index is 12.8. The zero-order chi connectivity index (χ0) is 19.4. The van der Waals surface area contributed by atoms with Gasteiger partial charge >= 0.3 is 5.97 Å². The lowest BCUT2D eigenvalue weighted by Crippen LogP contribution is -2.10. The fraction of sp³-hybridized carbons (Fsp3) is 0.316. The maximum Gasteiger partial charge on any atom is 0.309 e. The van der Waals surface area contributed by atoms with E-state index in [0.717, 1.165) is 11.1 Å². The molecule has 1 N–H and O–H groups in total. The quantitative estimate of drug-likeness (QED) is 0.627. The number of fused-ring (bicyclic) bond motifs is 1. The Morgan fingerprint density at radius 2 is 2.11 bits per heavy atom. The number of esters is 1. The van der Waals surface area contributed by atoms with Gasteiger partial charge in [-0.2, -0.15) is 0 Å². The first-order valence-corrected chi connectivity index (χ1v) is 9.82. The summed E-state index contributed by atoms with van der Waals surface area (Å²) in [5, 5.41) is 0.362. The third-order valence-electron chi connectivity index (χ3n) is 3.80. The molecule has 0 bridgehead atoms. The molecule has 7 nitrogen and oxygen atoms in total. The van der Waals surface area contributed by atoms with Crippen LogP contribution in [0.2, 0.25) is 0 Å². The molecule has 1 unspecified atom stereocenters. The summed E-state index contributed by atoms with van der Waals surface area (Å²) in [5.74, 6) is 0.500. The lowest BCUT2D eigenvalue weighted by molar-refractivity contribution is -0.139. The van der Waals surface area contributed by atoms with Crippen LogP contribution in [-0.2, 0) is 32.5 Å². The van der Waals surface area contributed by atoms with Crippen LogP contribution in [-0.4, -0.2) is 38.3 Å². The molecular weight excluding hydrogens is 366 g/mol. The number of rotatable bonds is 7. The number of imidazole rings is 1. The Labute approximate surface area is 159 Å². The molecule has 0 aliphatic carbocycles. The summed E-state index contributed by atoms with van der Waals surface area (Å²) >= 11 is 0. The zero-order valence-electron chi connectivity index (χ0n) is 15.4. The third-order valence-corrected chi connectivity index (χ3v) is 4.96. The standard InChI is InChI=1S/C19H21N3O4S/c1-12(2)26-17-5-4-8-20-16(17)11-27(24)19-21-14-7-6-13(9-15(14)22-19)10-18(23)25-3/h4-9,12H,10-11H2,1-3H3,(H,21,22). The summed E-state index contributed by atoms with van der Waals surface area (Å²) in [5.41, 5.74) is 2.83. The van der Waals surface area contributed by atoms with E-state index in [1.54, 1.807) is 24.4 Å². The fourth-order valence-electron chi connectivity index (χ4n) is 2.58. The van der Waals surface area contributed by atoms with Gasteiger partial charge in [-0.3, -0.25) is 14.0 Å². The molecule has 1 atom stereocenters. The van der Waals surface area contributed by atoms with Gasteiger partial charge in [0.15, 0.2) is 5.16 Å². The van der Waals surface area contributed by atoms with Crippen molar-refractivity contribution in [1.29, 1.82) is 0 Å². The molecule has 0 aliphatic rings. The third kappa shape index (κ3) is 4.71. The summed E-state index contributed by atoms with van der Waals surface area (Å²) < 4.78 is 23.2. The number of aromatic amines is 1. The van der Waals surface area contributed by atoms with Crippen molar-refractivity contribution in [3.05, 3.63) is 47.8 Å². The summed E-state index contributed by atoms with van der Waals surface area (Å²) in [7, 11) is -0.0575. The van der Waals surface area contributed by atoms with E-state index in [1.807, 2.05) is 26.0 Å². The fourth-order valence-corrected chi connectivity index (χ4v) is 3.60. The molecule has 1 aromatic carbocycles. The van der Waals surface area contributed by atoms with Crippen molar-refractivity contribution >= 4 is 27.8 Å². The van der Waals surface area contributed by atoms with Gasteiger partial charge in [0.05, 0.1) is 52.9 Å². The lowest BCUT2D eigenvalue weighted by Gasteiger charge is -2.12. The Kier molecular flexibility index (Phi) is 5.85. The highest BCUT2D eigenvalue weighted by atomic mass is 32.2. The van der Waals surface area contributed by atoms with E-state index < -0.39 is 10.8 Å². The topological polar surface area (TPSA) is 94.2 Å². The molecule has 142 valence electrons. The molecule has 8 heteroatoms. The van der Waals surface area contributed by atoms with E-state index in [0.29, 0.717) is 22.1 Å². The van der Waals surface area contributed by atoms with Crippen LogP contribution in [0.25, 0.3) is 11.0 Å². The first kappa shape index (κ1) is 19.0. The molecule has 0 fully saturated rings. The smallest absolute Gasteiger partial charge is 0.309 e. The average Bonchev–Trinajstić information content (AvgIpc) is 3.06. The van der Waals surface area contributed by atoms with Crippen LogP contribution in [0.4, 0.5) is 0 Å². The second kappa shape index (κ2) is 8.30. The van der Waals surface area contributed by atoms with Crippen LogP contribution in [0.1, 0.15) is 25.1 Å². The van der Waals surface area contributed by atoms with Gasteiger partial charge in [-0.15, -0.1) is 0 Å². The average molecular weight is 387 g/mol. The van der Waals surface area contributed by atoms with Gasteiger partial charge in [-0.1, -0.05) is 6.07 Å². The summed E-state index contributed by atoms with van der Waals surface area (Å²) in [4.78, 5) is 23.2. The zero-order valence-corrected chi connectivity index (χ0v) is 16.2. The van der Waals surface area contributed by atoms with Crippen LogP contribution in [0, 0.1) is 0 Å². The number of pyridine rings is 1. The molecule has 0 amide bonds. The minimum Gasteiger partial charge on any atom is -0.489 e. The molecule has 0 aliphatic heterocycles. The number of aromatic nitrogens is 3. The summed E-state index contributed by atoms with van der Waals surface area (Å²) in [6.45, 7) is 3.86. The van der Waals surface area contributed by atoms with E-state index >= 15 is 0 Å². The van der Waals surface area contributed by atoms with Gasteiger partial charge < -0.3 is 14.5 Å². The van der Waals surface area contributed by atoms with Crippen LogP contribution < -0.4 is 4.74 Å². The minimum absolute atomic E-state index is 0.000757.